The van der Waals surface area contributed by atoms with Gasteiger partial charge in [-0.15, -0.1) is 0 Å². The molecule has 0 saturated heterocycles. The Morgan fingerprint density at radius 1 is 1.28 bits per heavy atom. The van der Waals surface area contributed by atoms with Crippen LogP contribution in [0.2, 0.25) is 0 Å². The summed E-state index contributed by atoms with van der Waals surface area (Å²) >= 11 is 0. The van der Waals surface area contributed by atoms with Crippen molar-refractivity contribution < 1.29 is 14.6 Å². The lowest BCUT2D eigenvalue weighted by Crippen LogP contribution is -2.00. The van der Waals surface area contributed by atoms with E-state index in [4.69, 9.17) is 9.84 Å². The molecule has 2 rings (SSSR count). The first-order valence-electron chi connectivity index (χ1n) is 5.65. The van der Waals surface area contributed by atoms with Crippen LogP contribution >= 0.6 is 0 Å². The van der Waals surface area contributed by atoms with Crippen molar-refractivity contribution in [1.82, 2.24) is 4.98 Å². The van der Waals surface area contributed by atoms with Gasteiger partial charge in [0.1, 0.15) is 11.3 Å². The van der Waals surface area contributed by atoms with Crippen molar-refractivity contribution in [2.75, 3.05) is 0 Å². The lowest BCUT2D eigenvalue weighted by atomic mass is 10.2. The first-order valence-corrected chi connectivity index (χ1v) is 5.65. The summed E-state index contributed by atoms with van der Waals surface area (Å²) in [6.45, 7) is 2.07. The lowest BCUT2D eigenvalue weighted by Gasteiger charge is -2.08. The van der Waals surface area contributed by atoms with E-state index in [0.29, 0.717) is 5.75 Å². The van der Waals surface area contributed by atoms with Gasteiger partial charge in [-0.1, -0.05) is 19.1 Å². The van der Waals surface area contributed by atoms with Gasteiger partial charge < -0.3 is 9.84 Å². The zero-order valence-corrected chi connectivity index (χ0v) is 9.96. The number of ether oxygens (including phenoxy) is 1. The second-order valence-corrected chi connectivity index (χ2v) is 3.78. The highest BCUT2D eigenvalue weighted by Crippen LogP contribution is 2.24. The number of nitrogens with zero attached hydrogens (tertiary/aromatic N) is 1. The number of carbonyl (C=O) groups is 1. The summed E-state index contributed by atoms with van der Waals surface area (Å²) in [5.41, 5.74) is 1.30. The summed E-state index contributed by atoms with van der Waals surface area (Å²) in [5, 5.41) is 9.02. The van der Waals surface area contributed by atoms with Crippen molar-refractivity contribution in [3.8, 4) is 11.5 Å². The van der Waals surface area contributed by atoms with Gasteiger partial charge in [0, 0.05) is 6.20 Å². The molecule has 1 aromatic carbocycles. The van der Waals surface area contributed by atoms with Crippen LogP contribution in [-0.4, -0.2) is 16.1 Å². The topological polar surface area (TPSA) is 59.4 Å². The molecule has 0 saturated carbocycles. The van der Waals surface area contributed by atoms with Crippen LogP contribution in [0.1, 0.15) is 22.8 Å². The van der Waals surface area contributed by atoms with E-state index in [1.54, 1.807) is 0 Å². The molecule has 0 radical (unpaired) electrons. The van der Waals surface area contributed by atoms with Crippen molar-refractivity contribution in [2.24, 2.45) is 0 Å². The van der Waals surface area contributed by atoms with Gasteiger partial charge in [-0.25, -0.2) is 4.79 Å². The first kappa shape index (κ1) is 12.1. The van der Waals surface area contributed by atoms with Crippen LogP contribution in [0.5, 0.6) is 11.5 Å². The number of aromatic carboxylic acids is 1. The Kier molecular flexibility index (Phi) is 3.57. The van der Waals surface area contributed by atoms with E-state index in [2.05, 4.69) is 11.9 Å². The molecule has 4 nitrogen and oxygen atoms in total. The maximum atomic E-state index is 11.0. The molecule has 2 aromatic rings. The average Bonchev–Trinajstić information content (AvgIpc) is 2.40. The van der Waals surface area contributed by atoms with E-state index >= 15 is 0 Å². The standard InChI is InChI=1S/C14H13NO3/c1-2-10-3-5-11(6-4-10)18-13-9-15-8-7-12(13)14(16)17/h3-9H,2H2,1H3,(H,16,17). The third kappa shape index (κ3) is 2.66. The number of rotatable bonds is 4. The molecule has 0 spiro atoms. The molecule has 0 aliphatic carbocycles. The molecule has 92 valence electrons. The largest absolute Gasteiger partial charge is 0.478 e. The minimum atomic E-state index is -1.03. The molecular formula is C14H13NO3. The third-order valence-electron chi connectivity index (χ3n) is 2.57. The van der Waals surface area contributed by atoms with Crippen LogP contribution in [0.3, 0.4) is 0 Å². The Morgan fingerprint density at radius 3 is 2.61 bits per heavy atom. The molecule has 0 bridgehead atoms. The lowest BCUT2D eigenvalue weighted by molar-refractivity contribution is 0.0694. The van der Waals surface area contributed by atoms with Gasteiger partial charge in [-0.2, -0.15) is 0 Å². The first-order chi connectivity index (χ1) is 8.70. The molecule has 0 unspecified atom stereocenters. The number of hydrogen-bond acceptors (Lipinski definition) is 3. The molecule has 0 amide bonds. The Labute approximate surface area is 105 Å². The Hall–Kier alpha value is -2.36. The van der Waals surface area contributed by atoms with Crippen LogP contribution in [0, 0.1) is 0 Å². The maximum Gasteiger partial charge on any atom is 0.339 e. The van der Waals surface area contributed by atoms with Gasteiger partial charge in [0.05, 0.1) is 6.20 Å². The van der Waals surface area contributed by atoms with Gasteiger partial charge in [0.2, 0.25) is 0 Å². The van der Waals surface area contributed by atoms with Crippen molar-refractivity contribution in [2.45, 2.75) is 13.3 Å². The number of aryl methyl sites for hydroxylation is 1. The maximum absolute atomic E-state index is 11.0. The number of pyridine rings is 1. The van der Waals surface area contributed by atoms with E-state index < -0.39 is 5.97 Å². The summed E-state index contributed by atoms with van der Waals surface area (Å²) in [6, 6.07) is 8.95. The highest BCUT2D eigenvalue weighted by atomic mass is 16.5. The number of benzene rings is 1. The monoisotopic (exact) mass is 243 g/mol. The highest BCUT2D eigenvalue weighted by Gasteiger charge is 2.11. The normalized spacial score (nSPS) is 10.1. The second-order valence-electron chi connectivity index (χ2n) is 3.78. The van der Waals surface area contributed by atoms with E-state index in [9.17, 15) is 4.79 Å². The molecule has 0 aliphatic heterocycles. The van der Waals surface area contributed by atoms with E-state index in [1.165, 1.54) is 24.0 Å². The average molecular weight is 243 g/mol. The van der Waals surface area contributed by atoms with Crippen LogP contribution < -0.4 is 4.74 Å². The minimum Gasteiger partial charge on any atom is -0.478 e. The number of hydrogen-bond donors (Lipinski definition) is 1. The van der Waals surface area contributed by atoms with Gasteiger partial charge >= 0.3 is 5.97 Å². The Bertz CT molecular complexity index is 549. The molecule has 18 heavy (non-hydrogen) atoms. The fourth-order valence-corrected chi connectivity index (χ4v) is 1.56. The van der Waals surface area contributed by atoms with Gasteiger partial charge in [-0.05, 0) is 30.2 Å². The predicted molar refractivity (Wildman–Crippen MR) is 67.1 cm³/mol. The van der Waals surface area contributed by atoms with Crippen molar-refractivity contribution in [1.29, 1.82) is 0 Å². The number of aromatic nitrogens is 1. The zero-order chi connectivity index (χ0) is 13.0. The molecule has 1 N–H and O–H groups in total. The van der Waals surface area contributed by atoms with Crippen LogP contribution in [-0.2, 0) is 6.42 Å². The van der Waals surface area contributed by atoms with Crippen molar-refractivity contribution in [3.05, 3.63) is 53.9 Å². The molecule has 4 heteroatoms. The number of carboxylic acids is 1. The van der Waals surface area contributed by atoms with Crippen LogP contribution in [0.15, 0.2) is 42.7 Å². The summed E-state index contributed by atoms with van der Waals surface area (Å²) in [4.78, 5) is 14.9. The smallest absolute Gasteiger partial charge is 0.339 e. The summed E-state index contributed by atoms with van der Waals surface area (Å²) in [6.07, 6.45) is 3.78. The molecule has 0 aliphatic rings. The zero-order valence-electron chi connectivity index (χ0n) is 9.96. The van der Waals surface area contributed by atoms with Crippen molar-refractivity contribution in [3.63, 3.8) is 0 Å². The summed E-state index contributed by atoms with van der Waals surface area (Å²) in [7, 11) is 0. The minimum absolute atomic E-state index is 0.101. The third-order valence-corrected chi connectivity index (χ3v) is 2.57. The predicted octanol–water partition coefficient (Wildman–Crippen LogP) is 3.13. The fourth-order valence-electron chi connectivity index (χ4n) is 1.56. The van der Waals surface area contributed by atoms with Crippen LogP contribution in [0.4, 0.5) is 0 Å². The van der Waals surface area contributed by atoms with Gasteiger partial charge in [0.25, 0.3) is 0 Å². The number of carboxylic acid groups (broad SMARTS) is 1. The van der Waals surface area contributed by atoms with Crippen molar-refractivity contribution >= 4 is 5.97 Å². The quantitative estimate of drug-likeness (QED) is 0.896. The highest BCUT2D eigenvalue weighted by molar-refractivity contribution is 5.90. The SMILES string of the molecule is CCc1ccc(Oc2cnccc2C(=O)O)cc1. The van der Waals surface area contributed by atoms with Gasteiger partial charge in [0.15, 0.2) is 5.75 Å². The molecular weight excluding hydrogens is 230 g/mol. The molecule has 1 aromatic heterocycles. The molecule has 0 atom stereocenters. The second kappa shape index (κ2) is 5.31. The van der Waals surface area contributed by atoms with E-state index in [1.807, 2.05) is 24.3 Å². The molecule has 1 heterocycles. The van der Waals surface area contributed by atoms with E-state index in [0.717, 1.165) is 6.42 Å². The van der Waals surface area contributed by atoms with Crippen LogP contribution in [0.25, 0.3) is 0 Å². The Balaban J connectivity index is 2.25. The summed E-state index contributed by atoms with van der Waals surface area (Å²) in [5.74, 6) is -0.186. The Morgan fingerprint density at radius 2 is 2.00 bits per heavy atom. The molecule has 0 fully saturated rings. The fraction of sp³-hybridized carbons (Fsp3) is 0.143. The van der Waals surface area contributed by atoms with E-state index in [-0.39, 0.29) is 11.3 Å². The van der Waals surface area contributed by atoms with Gasteiger partial charge in [-0.3, -0.25) is 4.98 Å². The summed E-state index contributed by atoms with van der Waals surface area (Å²) < 4.78 is 5.53.